The molecule has 0 atom stereocenters. The van der Waals surface area contributed by atoms with Gasteiger partial charge in [0.2, 0.25) is 0 Å². The normalized spacial score (nSPS) is 11.3. The molecule has 0 bridgehead atoms. The van der Waals surface area contributed by atoms with E-state index in [0.717, 1.165) is 0 Å². The highest BCUT2D eigenvalue weighted by molar-refractivity contribution is 5.94. The summed E-state index contributed by atoms with van der Waals surface area (Å²) >= 11 is 0. The Balaban J connectivity index is 2.38. The first-order valence-corrected chi connectivity index (χ1v) is 5.53. The second kappa shape index (κ2) is 6.28. The Morgan fingerprint density at radius 2 is 1.89 bits per heavy atom. The van der Waals surface area contributed by atoms with Crippen molar-refractivity contribution in [2.24, 2.45) is 0 Å². The van der Waals surface area contributed by atoms with E-state index in [1.165, 1.54) is 6.07 Å². The lowest BCUT2D eigenvalue weighted by Gasteiger charge is -2.10. The first kappa shape index (κ1) is 14.3. The number of hydrogen-bond donors (Lipinski definition) is 2. The Morgan fingerprint density at radius 1 is 1.22 bits per heavy atom. The number of carboxylic acids is 1. The predicted octanol–water partition coefficient (Wildman–Crippen LogP) is 3.53. The predicted molar refractivity (Wildman–Crippen MR) is 61.8 cm³/mol. The first-order chi connectivity index (χ1) is 8.40. The van der Waals surface area contributed by atoms with Gasteiger partial charge in [-0.1, -0.05) is 12.1 Å². The van der Waals surface area contributed by atoms with Crippen LogP contribution < -0.4 is 5.32 Å². The number of nitrogens with one attached hydrogen (secondary N) is 1. The van der Waals surface area contributed by atoms with E-state index >= 15 is 0 Å². The standard InChI is InChI=1S/C12H14F3NO2/c13-12(14,15)7-3-4-8-16-10-6-2-1-5-9(10)11(17)18/h1-2,5-6,16H,3-4,7-8H2,(H,17,18). The van der Waals surface area contributed by atoms with Crippen molar-refractivity contribution in [2.75, 3.05) is 11.9 Å². The van der Waals surface area contributed by atoms with Gasteiger partial charge in [-0.15, -0.1) is 0 Å². The largest absolute Gasteiger partial charge is 0.478 e. The summed E-state index contributed by atoms with van der Waals surface area (Å²) in [6.45, 7) is 0.320. The Labute approximate surface area is 103 Å². The fourth-order valence-corrected chi connectivity index (χ4v) is 1.50. The highest BCUT2D eigenvalue weighted by Crippen LogP contribution is 2.22. The van der Waals surface area contributed by atoms with Gasteiger partial charge in [0.25, 0.3) is 0 Å². The molecule has 0 fully saturated rings. The third kappa shape index (κ3) is 5.07. The van der Waals surface area contributed by atoms with Crippen LogP contribution in [-0.4, -0.2) is 23.8 Å². The van der Waals surface area contributed by atoms with Gasteiger partial charge in [0, 0.05) is 18.7 Å². The molecule has 3 nitrogen and oxygen atoms in total. The van der Waals surface area contributed by atoms with Gasteiger partial charge in [-0.05, 0) is 25.0 Å². The molecular weight excluding hydrogens is 247 g/mol. The Hall–Kier alpha value is -1.72. The molecule has 6 heteroatoms. The molecule has 0 saturated carbocycles. The summed E-state index contributed by atoms with van der Waals surface area (Å²) in [5.74, 6) is -1.06. The molecule has 0 aliphatic rings. The summed E-state index contributed by atoms with van der Waals surface area (Å²) in [6.07, 6.45) is -4.56. The lowest BCUT2D eigenvalue weighted by molar-refractivity contribution is -0.135. The van der Waals surface area contributed by atoms with Crippen molar-refractivity contribution in [2.45, 2.75) is 25.4 Å². The molecule has 18 heavy (non-hydrogen) atoms. The highest BCUT2D eigenvalue weighted by atomic mass is 19.4. The molecule has 0 heterocycles. The van der Waals surface area contributed by atoms with Gasteiger partial charge in [-0.2, -0.15) is 13.2 Å². The van der Waals surface area contributed by atoms with Crippen molar-refractivity contribution in [1.29, 1.82) is 0 Å². The average Bonchev–Trinajstić information content (AvgIpc) is 2.27. The smallest absolute Gasteiger partial charge is 0.389 e. The van der Waals surface area contributed by atoms with E-state index in [1.54, 1.807) is 18.2 Å². The van der Waals surface area contributed by atoms with Crippen LogP contribution >= 0.6 is 0 Å². The van der Waals surface area contributed by atoms with E-state index in [-0.39, 0.29) is 12.0 Å². The number of rotatable bonds is 6. The quantitative estimate of drug-likeness (QED) is 0.770. The zero-order valence-electron chi connectivity index (χ0n) is 9.63. The number of anilines is 1. The van der Waals surface area contributed by atoms with Crippen LogP contribution in [0.1, 0.15) is 29.6 Å². The van der Waals surface area contributed by atoms with E-state index in [0.29, 0.717) is 18.7 Å². The summed E-state index contributed by atoms with van der Waals surface area (Å²) in [7, 11) is 0. The minimum absolute atomic E-state index is 0.0335. The number of unbranched alkanes of at least 4 members (excludes halogenated alkanes) is 1. The van der Waals surface area contributed by atoms with Crippen LogP contribution in [0.25, 0.3) is 0 Å². The maximum Gasteiger partial charge on any atom is 0.389 e. The highest BCUT2D eigenvalue weighted by Gasteiger charge is 2.25. The lowest BCUT2D eigenvalue weighted by Crippen LogP contribution is -2.10. The number of hydrogen-bond acceptors (Lipinski definition) is 2. The number of benzene rings is 1. The summed E-state index contributed by atoms with van der Waals surface area (Å²) in [5, 5.41) is 11.7. The minimum Gasteiger partial charge on any atom is -0.478 e. The monoisotopic (exact) mass is 261 g/mol. The third-order valence-corrected chi connectivity index (χ3v) is 2.36. The van der Waals surface area contributed by atoms with E-state index in [4.69, 9.17) is 5.11 Å². The van der Waals surface area contributed by atoms with E-state index < -0.39 is 18.6 Å². The second-order valence-electron chi connectivity index (χ2n) is 3.85. The van der Waals surface area contributed by atoms with Crippen LogP contribution in [0, 0.1) is 0 Å². The number of carboxylic acid groups (broad SMARTS) is 1. The zero-order valence-corrected chi connectivity index (χ0v) is 9.63. The lowest BCUT2D eigenvalue weighted by atomic mass is 10.1. The van der Waals surface area contributed by atoms with Crippen molar-refractivity contribution in [3.63, 3.8) is 0 Å². The summed E-state index contributed by atoms with van der Waals surface area (Å²) < 4.78 is 35.6. The van der Waals surface area contributed by atoms with E-state index in [9.17, 15) is 18.0 Å². The molecule has 0 spiro atoms. The van der Waals surface area contributed by atoms with Gasteiger partial charge in [-0.25, -0.2) is 4.79 Å². The van der Waals surface area contributed by atoms with Gasteiger partial charge >= 0.3 is 12.1 Å². The molecule has 1 aromatic carbocycles. The van der Waals surface area contributed by atoms with Gasteiger partial charge in [0.1, 0.15) is 0 Å². The topological polar surface area (TPSA) is 49.3 Å². The Kier molecular flexibility index (Phi) is 5.00. The molecule has 2 N–H and O–H groups in total. The van der Waals surface area contributed by atoms with Gasteiger partial charge < -0.3 is 10.4 Å². The van der Waals surface area contributed by atoms with Crippen molar-refractivity contribution < 1.29 is 23.1 Å². The Morgan fingerprint density at radius 3 is 2.50 bits per heavy atom. The molecule has 100 valence electrons. The van der Waals surface area contributed by atoms with Crippen molar-refractivity contribution in [3.05, 3.63) is 29.8 Å². The molecule has 1 rings (SSSR count). The third-order valence-electron chi connectivity index (χ3n) is 2.36. The van der Waals surface area contributed by atoms with Crippen molar-refractivity contribution >= 4 is 11.7 Å². The van der Waals surface area contributed by atoms with Crippen LogP contribution in [0.15, 0.2) is 24.3 Å². The number of aromatic carboxylic acids is 1. The van der Waals surface area contributed by atoms with Crippen LogP contribution in [0.2, 0.25) is 0 Å². The molecule has 0 radical (unpaired) electrons. The molecule has 0 aromatic heterocycles. The summed E-state index contributed by atoms with van der Waals surface area (Å²) in [4.78, 5) is 10.9. The molecular formula is C12H14F3NO2. The number of carbonyl (C=O) groups is 1. The second-order valence-corrected chi connectivity index (χ2v) is 3.85. The Bertz CT molecular complexity index is 405. The number of alkyl halides is 3. The summed E-state index contributed by atoms with van der Waals surface area (Å²) in [5.41, 5.74) is 0.547. The van der Waals surface area contributed by atoms with Crippen molar-refractivity contribution in [1.82, 2.24) is 0 Å². The van der Waals surface area contributed by atoms with Gasteiger partial charge in [-0.3, -0.25) is 0 Å². The van der Waals surface area contributed by atoms with Crippen LogP contribution in [0.5, 0.6) is 0 Å². The maximum absolute atomic E-state index is 11.9. The molecule has 0 amide bonds. The SMILES string of the molecule is O=C(O)c1ccccc1NCCCCC(F)(F)F. The fraction of sp³-hybridized carbons (Fsp3) is 0.417. The summed E-state index contributed by atoms with van der Waals surface area (Å²) in [6, 6.07) is 6.30. The zero-order chi connectivity index (χ0) is 13.6. The fourth-order valence-electron chi connectivity index (χ4n) is 1.50. The van der Waals surface area contributed by atoms with Gasteiger partial charge in [0.15, 0.2) is 0 Å². The molecule has 0 aliphatic carbocycles. The first-order valence-electron chi connectivity index (χ1n) is 5.53. The van der Waals surface area contributed by atoms with E-state index in [2.05, 4.69) is 5.32 Å². The van der Waals surface area contributed by atoms with Crippen molar-refractivity contribution in [3.8, 4) is 0 Å². The van der Waals surface area contributed by atoms with Crippen LogP contribution in [0.4, 0.5) is 18.9 Å². The number of para-hydroxylation sites is 1. The molecule has 1 aromatic rings. The molecule has 0 saturated heterocycles. The maximum atomic E-state index is 11.9. The van der Waals surface area contributed by atoms with Crippen LogP contribution in [0.3, 0.4) is 0 Å². The van der Waals surface area contributed by atoms with E-state index in [1.807, 2.05) is 0 Å². The molecule has 0 unspecified atom stereocenters. The van der Waals surface area contributed by atoms with Gasteiger partial charge in [0.05, 0.1) is 5.56 Å². The number of halogens is 3. The van der Waals surface area contributed by atoms with Crippen LogP contribution in [-0.2, 0) is 0 Å². The minimum atomic E-state index is -4.13. The molecule has 0 aliphatic heterocycles. The average molecular weight is 261 g/mol.